The zero-order valence-corrected chi connectivity index (χ0v) is 50.5. The molecule has 79 heavy (non-hydrogen) atoms. The molecule has 22 heteroatoms. The van der Waals surface area contributed by atoms with Crippen LogP contribution in [0.2, 0.25) is 5.02 Å². The van der Waals surface area contributed by atoms with Crippen molar-refractivity contribution < 1.29 is 59.0 Å². The van der Waals surface area contributed by atoms with E-state index in [0.717, 1.165) is 75.8 Å². The molecule has 0 N–H and O–H groups in total. The fourth-order valence-electron chi connectivity index (χ4n) is 11.8. The van der Waals surface area contributed by atoms with Crippen LogP contribution in [0.25, 0.3) is 27.5 Å². The molecule has 18 nitrogen and oxygen atoms in total. The summed E-state index contributed by atoms with van der Waals surface area (Å²) >= 11 is 6.41. The zero-order valence-electron chi connectivity index (χ0n) is 46.1. The van der Waals surface area contributed by atoms with Gasteiger partial charge in [0.15, 0.2) is 0 Å². The van der Waals surface area contributed by atoms with Gasteiger partial charge in [0.05, 0.1) is 35.2 Å². The molecule has 3 aliphatic rings. The van der Waals surface area contributed by atoms with Gasteiger partial charge < -0.3 is 49.2 Å². The van der Waals surface area contributed by atoms with Gasteiger partial charge in [0.1, 0.15) is 0 Å². The first kappa shape index (κ1) is 62.9. The molecule has 2 bridgehead atoms. The van der Waals surface area contributed by atoms with Crippen LogP contribution in [-0.4, -0.2) is 137 Å². The SMILES string of the molecule is Cc1ccc2nc(CN3CCN(CP(=O)([O-])[O-])CCN(CC([O-])=NCCCCC[N-]Cc4ccc(Cn5nc(C([O-])=NC6C7(C)CCC(C7)C6(C)C)cc5-c5ccc(Cl)c(C)c5)cc4)CCN(CP(=O)([O-])[O-])CC3)ccc2c1.[Tc+7]. The van der Waals surface area contributed by atoms with Crippen LogP contribution in [0.3, 0.4) is 0 Å². The maximum absolute atomic E-state index is 13.9. The summed E-state index contributed by atoms with van der Waals surface area (Å²) in [5.74, 6) is -0.0710. The number of nitrogens with zero attached hydrogens (tertiary/aromatic N) is 10. The number of benzene rings is 3. The van der Waals surface area contributed by atoms with E-state index in [1.54, 1.807) is 14.7 Å². The minimum Gasteiger partial charge on any atom is -0.861 e. The Kier molecular flexibility index (Phi) is 21.9. The molecule has 0 spiro atoms. The van der Waals surface area contributed by atoms with Crippen LogP contribution in [0.5, 0.6) is 0 Å². The molecule has 3 fully saturated rings. The van der Waals surface area contributed by atoms with E-state index in [1.807, 2.05) is 78.0 Å². The predicted molar refractivity (Wildman–Crippen MR) is 297 cm³/mol. The molecule has 3 aromatic carbocycles. The summed E-state index contributed by atoms with van der Waals surface area (Å²) in [6, 6.07) is 25.8. The van der Waals surface area contributed by atoms with E-state index < -0.39 is 27.8 Å². The Morgan fingerprint density at radius 2 is 1.41 bits per heavy atom. The van der Waals surface area contributed by atoms with Crippen molar-refractivity contribution in [2.45, 2.75) is 98.8 Å². The molecule has 0 amide bonds. The minimum absolute atomic E-state index is 0. The Balaban J connectivity index is 0.00000903. The molecule has 3 atom stereocenters. The maximum atomic E-state index is 13.9. The fraction of sp³-hybridized carbons (Fsp3) is 0.544. The Morgan fingerprint density at radius 1 is 0.759 bits per heavy atom. The average molecular weight is 1220 g/mol. The van der Waals surface area contributed by atoms with Crippen LogP contribution in [-0.2, 0) is 48.9 Å². The van der Waals surface area contributed by atoms with Gasteiger partial charge in [0, 0.05) is 106 Å². The zero-order chi connectivity index (χ0) is 55.8. The van der Waals surface area contributed by atoms with Gasteiger partial charge in [-0.2, -0.15) is 5.10 Å². The number of halogens is 1. The number of hydrogen-bond donors (Lipinski definition) is 0. The van der Waals surface area contributed by atoms with Crippen molar-refractivity contribution in [3.8, 4) is 11.3 Å². The second-order valence-corrected chi connectivity index (χ2v) is 26.3. The van der Waals surface area contributed by atoms with E-state index >= 15 is 0 Å². The van der Waals surface area contributed by atoms with E-state index in [4.69, 9.17) is 32.0 Å². The van der Waals surface area contributed by atoms with Crippen LogP contribution in [0.4, 0.5) is 0 Å². The van der Waals surface area contributed by atoms with Crippen LogP contribution in [0, 0.1) is 30.6 Å². The van der Waals surface area contributed by atoms with Crippen molar-refractivity contribution in [2.75, 3.05) is 84.6 Å². The van der Waals surface area contributed by atoms with Gasteiger partial charge in [-0.3, -0.25) is 34.3 Å². The van der Waals surface area contributed by atoms with E-state index in [1.165, 1.54) is 6.42 Å². The standard InChI is InChI=1S/C57H80ClN10O8P2.Tc/c1-41-9-18-50-45(31-41)14-16-48(61-50)37-64-23-27-66(39-77(71,72)73)29-25-65(26-30-67(28-24-64)40-78(74,75)76)38-53(69)60-22-8-6-7-21-59-35-43-10-12-44(13-11-43)36-68-52(46-15-17-49(58)42(2)32-46)33-51(63-68)54(70)62-55-56(3,4)47-19-20-57(55,5)34-47;/h9-18,31-33,47,55H,6-8,19-30,34-40H2,1-5H3,(H,60,69)(H,62,70)(H2,71,72,73)(H2,74,75,76);/q-1;+7/p-6. The fourth-order valence-corrected chi connectivity index (χ4v) is 13.5. The summed E-state index contributed by atoms with van der Waals surface area (Å²) in [6.45, 7) is 14.9. The monoisotopic (exact) mass is 1220 g/mol. The Hall–Kier alpha value is -3.74. The van der Waals surface area contributed by atoms with Gasteiger partial charge in [-0.1, -0.05) is 114 Å². The molecule has 424 valence electrons. The van der Waals surface area contributed by atoms with Gasteiger partial charge in [-0.05, 0) is 110 Å². The second kappa shape index (κ2) is 27.6. The smallest absolute Gasteiger partial charge is 0.861 e. The number of aliphatic imine (C=N–C) groups is 2. The summed E-state index contributed by atoms with van der Waals surface area (Å²) in [6.07, 6.45) is 4.34. The van der Waals surface area contributed by atoms with Crippen LogP contribution in [0.1, 0.15) is 92.9 Å². The number of aromatic nitrogens is 3. The topological polar surface area (TPSA) is 255 Å². The third kappa shape index (κ3) is 17.9. The molecule has 3 heterocycles. The van der Waals surface area contributed by atoms with E-state index in [9.17, 15) is 38.9 Å². The maximum Gasteiger partial charge on any atom is 7.00 e. The van der Waals surface area contributed by atoms with Crippen LogP contribution in [0.15, 0.2) is 88.8 Å². The first-order valence-corrected chi connectivity index (χ1v) is 31.1. The van der Waals surface area contributed by atoms with Crippen LogP contribution < -0.4 is 29.8 Å². The average Bonchev–Trinajstić information content (AvgIpc) is 3.96. The van der Waals surface area contributed by atoms with Crippen molar-refractivity contribution in [1.82, 2.24) is 34.4 Å². The molecule has 0 radical (unpaired) electrons. The van der Waals surface area contributed by atoms with Crippen molar-refractivity contribution in [2.24, 2.45) is 26.7 Å². The normalized spacial score (nSPS) is 21.5. The molecule has 1 aliphatic heterocycles. The van der Waals surface area contributed by atoms with E-state index in [-0.39, 0.29) is 94.6 Å². The first-order valence-electron chi connectivity index (χ1n) is 27.3. The van der Waals surface area contributed by atoms with Crippen molar-refractivity contribution in [3.05, 3.63) is 123 Å². The third-order valence-corrected chi connectivity index (χ3v) is 18.0. The van der Waals surface area contributed by atoms with Crippen molar-refractivity contribution in [1.29, 1.82) is 0 Å². The molecule has 2 aromatic heterocycles. The summed E-state index contributed by atoms with van der Waals surface area (Å²) in [7, 11) is -9.86. The van der Waals surface area contributed by atoms with E-state index in [2.05, 4.69) is 50.0 Å². The van der Waals surface area contributed by atoms with Gasteiger partial charge >= 0.3 is 20.1 Å². The first-order chi connectivity index (χ1) is 37.0. The van der Waals surface area contributed by atoms with Crippen LogP contribution >= 0.6 is 26.8 Å². The molecular formula is C57H74ClN10O8P2Tc. The summed E-state index contributed by atoms with van der Waals surface area (Å²) in [4.78, 5) is 69.0. The van der Waals surface area contributed by atoms with Crippen molar-refractivity contribution in [3.63, 3.8) is 0 Å². The number of unbranched alkanes of at least 4 members (excludes halogenated alkanes) is 2. The molecule has 2 aliphatic carbocycles. The van der Waals surface area contributed by atoms with Gasteiger partial charge in [0.25, 0.3) is 0 Å². The Labute approximate surface area is 484 Å². The minimum atomic E-state index is -4.93. The second-order valence-electron chi connectivity index (χ2n) is 22.8. The summed E-state index contributed by atoms with van der Waals surface area (Å²) in [5, 5.41) is 38.3. The largest absolute Gasteiger partial charge is 7.00 e. The molecule has 5 aromatic rings. The number of rotatable bonds is 21. The van der Waals surface area contributed by atoms with Gasteiger partial charge in [0.2, 0.25) is 0 Å². The summed E-state index contributed by atoms with van der Waals surface area (Å²) in [5.41, 5.74) is 7.79. The van der Waals surface area contributed by atoms with Gasteiger partial charge in [-0.25, -0.2) is 0 Å². The predicted octanol–water partition coefficient (Wildman–Crippen LogP) is 4.70. The number of fused-ring (bicyclic) bond motifs is 3. The van der Waals surface area contributed by atoms with Crippen molar-refractivity contribution >= 4 is 49.5 Å². The quantitative estimate of drug-likeness (QED) is 0.0418. The summed E-state index contributed by atoms with van der Waals surface area (Å²) < 4.78 is 25.9. The Morgan fingerprint density at radius 3 is 2.04 bits per heavy atom. The molecular weight excluding hydrogens is 1150 g/mol. The number of aryl methyl sites for hydroxylation is 2. The Bertz CT molecular complexity index is 2960. The number of hydrogen-bond acceptors (Lipinski definition) is 16. The van der Waals surface area contributed by atoms with Gasteiger partial charge in [-0.15, -0.1) is 13.1 Å². The van der Waals surface area contributed by atoms with E-state index in [0.29, 0.717) is 68.9 Å². The number of pyridine rings is 1. The molecule has 3 unspecified atom stereocenters. The molecule has 1 saturated heterocycles. The third-order valence-electron chi connectivity index (χ3n) is 16.1. The molecule has 2 saturated carbocycles. The molecule has 8 rings (SSSR count).